The highest BCUT2D eigenvalue weighted by Crippen LogP contribution is 2.10. The molecule has 0 aromatic rings. The molecule has 1 fully saturated rings. The molecule has 12 heavy (non-hydrogen) atoms. The van der Waals surface area contributed by atoms with E-state index in [0.717, 1.165) is 0 Å². The van der Waals surface area contributed by atoms with Gasteiger partial charge in [0.15, 0.2) is 5.84 Å². The number of amidine groups is 1. The van der Waals surface area contributed by atoms with Gasteiger partial charge in [-0.1, -0.05) is 20.4 Å². The Balaban J connectivity index is 2.70. The van der Waals surface area contributed by atoms with Crippen LogP contribution < -0.4 is 5.32 Å². The van der Waals surface area contributed by atoms with Gasteiger partial charge in [-0.05, 0) is 5.92 Å². The summed E-state index contributed by atoms with van der Waals surface area (Å²) in [5.74, 6) is 0.552. The predicted octanol–water partition coefficient (Wildman–Crippen LogP) is 1.16. The molecule has 66 valence electrons. The highest BCUT2D eigenvalue weighted by Gasteiger charge is 2.28. The van der Waals surface area contributed by atoms with Crippen molar-refractivity contribution in [3.8, 4) is 0 Å². The summed E-state index contributed by atoms with van der Waals surface area (Å²) in [6, 6.07) is -0.237. The maximum atomic E-state index is 11.1. The van der Waals surface area contributed by atoms with E-state index in [9.17, 15) is 4.79 Å². The van der Waals surface area contributed by atoms with E-state index in [1.807, 2.05) is 13.8 Å². The molecule has 1 rings (SSSR count). The van der Waals surface area contributed by atoms with Gasteiger partial charge in [0.1, 0.15) is 0 Å². The van der Waals surface area contributed by atoms with Crippen LogP contribution >= 0.6 is 0 Å². The van der Waals surface area contributed by atoms with Crippen molar-refractivity contribution in [1.29, 1.82) is 5.41 Å². The minimum absolute atomic E-state index is 0.189. The van der Waals surface area contributed by atoms with E-state index in [1.54, 1.807) is 0 Å². The Kier molecular flexibility index (Phi) is 2.17. The van der Waals surface area contributed by atoms with E-state index in [-0.39, 0.29) is 11.9 Å². The van der Waals surface area contributed by atoms with Crippen molar-refractivity contribution < 1.29 is 4.79 Å². The van der Waals surface area contributed by atoms with E-state index in [2.05, 4.69) is 11.9 Å². The summed E-state index contributed by atoms with van der Waals surface area (Å²) in [6.07, 6.45) is 0. The van der Waals surface area contributed by atoms with Crippen molar-refractivity contribution in [2.75, 3.05) is 6.54 Å². The van der Waals surface area contributed by atoms with Crippen LogP contribution in [-0.4, -0.2) is 23.3 Å². The predicted molar refractivity (Wildman–Crippen MR) is 46.9 cm³/mol. The van der Waals surface area contributed by atoms with E-state index in [1.165, 1.54) is 4.90 Å². The van der Waals surface area contributed by atoms with Gasteiger partial charge in [-0.2, -0.15) is 0 Å². The third kappa shape index (κ3) is 1.47. The molecule has 0 radical (unpaired) electrons. The van der Waals surface area contributed by atoms with Crippen LogP contribution in [-0.2, 0) is 0 Å². The molecule has 1 saturated heterocycles. The van der Waals surface area contributed by atoms with Crippen LogP contribution in [0.4, 0.5) is 4.79 Å². The molecule has 0 unspecified atom stereocenters. The first-order valence-corrected chi connectivity index (χ1v) is 3.88. The molecular weight excluding hydrogens is 154 g/mol. The van der Waals surface area contributed by atoms with Gasteiger partial charge in [0, 0.05) is 6.54 Å². The van der Waals surface area contributed by atoms with Gasteiger partial charge in [0.05, 0.1) is 5.70 Å². The fourth-order valence-electron chi connectivity index (χ4n) is 1.06. The van der Waals surface area contributed by atoms with Crippen LogP contribution in [0, 0.1) is 11.3 Å². The van der Waals surface area contributed by atoms with Gasteiger partial charge < -0.3 is 5.32 Å². The Bertz CT molecular complexity index is 245. The molecule has 0 aliphatic carbocycles. The zero-order valence-electron chi connectivity index (χ0n) is 7.35. The molecule has 1 aliphatic heterocycles. The summed E-state index contributed by atoms with van der Waals surface area (Å²) in [5, 5.41) is 9.97. The zero-order valence-corrected chi connectivity index (χ0v) is 7.35. The lowest BCUT2D eigenvalue weighted by atomic mass is 10.2. The minimum atomic E-state index is -0.237. The Morgan fingerprint density at radius 3 is 2.58 bits per heavy atom. The lowest BCUT2D eigenvalue weighted by Gasteiger charge is -2.15. The summed E-state index contributed by atoms with van der Waals surface area (Å²) in [5.41, 5.74) is 0.389. The number of carbonyl (C=O) groups is 1. The van der Waals surface area contributed by atoms with Gasteiger partial charge in [0.2, 0.25) is 0 Å². The first kappa shape index (κ1) is 8.77. The third-order valence-corrected chi connectivity index (χ3v) is 1.61. The topological polar surface area (TPSA) is 56.2 Å². The van der Waals surface area contributed by atoms with E-state index in [4.69, 9.17) is 5.41 Å². The van der Waals surface area contributed by atoms with Crippen LogP contribution in [0.1, 0.15) is 13.8 Å². The standard InChI is InChI=1S/C8H13N3O/c1-5(2)4-11-7(9)6(3)10-8(11)12/h5,9H,3-4H2,1-2H3,(H,10,12). The highest BCUT2D eigenvalue weighted by molar-refractivity contribution is 6.12. The second-order valence-electron chi connectivity index (χ2n) is 3.26. The SMILES string of the molecule is C=C1NC(=O)N(CC(C)C)C1=N. The largest absolute Gasteiger partial charge is 0.327 e. The van der Waals surface area contributed by atoms with Gasteiger partial charge in [-0.25, -0.2) is 4.79 Å². The normalized spacial score (nSPS) is 17.6. The molecule has 0 aromatic heterocycles. The van der Waals surface area contributed by atoms with E-state index >= 15 is 0 Å². The summed E-state index contributed by atoms with van der Waals surface area (Å²) in [6.45, 7) is 8.12. The first-order valence-electron chi connectivity index (χ1n) is 3.88. The molecule has 1 heterocycles. The lowest BCUT2D eigenvalue weighted by molar-refractivity contribution is 0.225. The van der Waals surface area contributed by atoms with Crippen molar-refractivity contribution in [2.24, 2.45) is 5.92 Å². The highest BCUT2D eigenvalue weighted by atomic mass is 16.2. The minimum Gasteiger partial charge on any atom is -0.305 e. The Labute approximate surface area is 71.8 Å². The summed E-state index contributed by atoms with van der Waals surface area (Å²) >= 11 is 0. The average Bonchev–Trinajstić information content (AvgIpc) is 2.16. The van der Waals surface area contributed by atoms with E-state index in [0.29, 0.717) is 18.2 Å². The van der Waals surface area contributed by atoms with Crippen molar-refractivity contribution in [1.82, 2.24) is 10.2 Å². The second kappa shape index (κ2) is 2.97. The van der Waals surface area contributed by atoms with Crippen molar-refractivity contribution in [3.05, 3.63) is 12.3 Å². The number of hydrogen-bond donors (Lipinski definition) is 2. The number of nitrogens with zero attached hydrogens (tertiary/aromatic N) is 1. The number of amides is 2. The molecule has 2 amide bonds. The fourth-order valence-corrected chi connectivity index (χ4v) is 1.06. The Morgan fingerprint density at radius 2 is 2.25 bits per heavy atom. The van der Waals surface area contributed by atoms with Crippen LogP contribution in [0.15, 0.2) is 12.3 Å². The Morgan fingerprint density at radius 1 is 1.67 bits per heavy atom. The monoisotopic (exact) mass is 167 g/mol. The van der Waals surface area contributed by atoms with Crippen LogP contribution in [0.2, 0.25) is 0 Å². The summed E-state index contributed by atoms with van der Waals surface area (Å²) in [4.78, 5) is 12.5. The molecular formula is C8H13N3O. The smallest absolute Gasteiger partial charge is 0.305 e. The molecule has 0 aromatic carbocycles. The quantitative estimate of drug-likeness (QED) is 0.637. The van der Waals surface area contributed by atoms with Gasteiger partial charge in [-0.3, -0.25) is 10.3 Å². The molecule has 2 N–H and O–H groups in total. The molecule has 0 spiro atoms. The van der Waals surface area contributed by atoms with Crippen molar-refractivity contribution >= 4 is 11.9 Å². The third-order valence-electron chi connectivity index (χ3n) is 1.61. The first-order chi connectivity index (χ1) is 5.52. The van der Waals surface area contributed by atoms with Gasteiger partial charge in [-0.15, -0.1) is 0 Å². The molecule has 1 aliphatic rings. The number of hydrogen-bond acceptors (Lipinski definition) is 2. The van der Waals surface area contributed by atoms with Gasteiger partial charge >= 0.3 is 6.03 Å². The molecule has 4 heteroatoms. The van der Waals surface area contributed by atoms with E-state index < -0.39 is 0 Å². The molecule has 4 nitrogen and oxygen atoms in total. The molecule has 0 saturated carbocycles. The van der Waals surface area contributed by atoms with Crippen LogP contribution in [0.5, 0.6) is 0 Å². The second-order valence-corrected chi connectivity index (χ2v) is 3.26. The fraction of sp³-hybridized carbons (Fsp3) is 0.500. The zero-order chi connectivity index (χ0) is 9.30. The maximum absolute atomic E-state index is 11.1. The summed E-state index contributed by atoms with van der Waals surface area (Å²) in [7, 11) is 0. The number of rotatable bonds is 2. The number of nitrogens with one attached hydrogen (secondary N) is 2. The average molecular weight is 167 g/mol. The molecule has 0 atom stereocenters. The van der Waals surface area contributed by atoms with Crippen LogP contribution in [0.3, 0.4) is 0 Å². The molecule has 0 bridgehead atoms. The maximum Gasteiger partial charge on any atom is 0.327 e. The van der Waals surface area contributed by atoms with Crippen molar-refractivity contribution in [3.63, 3.8) is 0 Å². The number of urea groups is 1. The summed E-state index contributed by atoms with van der Waals surface area (Å²) < 4.78 is 0. The Hall–Kier alpha value is -1.32. The van der Waals surface area contributed by atoms with Crippen molar-refractivity contribution in [2.45, 2.75) is 13.8 Å². The van der Waals surface area contributed by atoms with Crippen LogP contribution in [0.25, 0.3) is 0 Å². The number of carbonyl (C=O) groups excluding carboxylic acids is 1. The lowest BCUT2D eigenvalue weighted by Crippen LogP contribution is -2.33. The van der Waals surface area contributed by atoms with Gasteiger partial charge in [0.25, 0.3) is 0 Å².